The molecule has 3 aromatic heterocycles. The number of nitrogens with one attached hydrogen (secondary N) is 2. The highest BCUT2D eigenvalue weighted by Gasteiger charge is 2.27. The minimum absolute atomic E-state index is 0.0607. The Morgan fingerprint density at radius 2 is 2.02 bits per heavy atom. The first-order chi connectivity index (χ1) is 25.3. The molecule has 2 atom stereocenters. The number of fused-ring (bicyclic) bond motifs is 2. The fourth-order valence-electron chi connectivity index (χ4n) is 6.70. The van der Waals surface area contributed by atoms with Gasteiger partial charge in [-0.05, 0) is 85.5 Å². The van der Waals surface area contributed by atoms with E-state index in [0.29, 0.717) is 40.8 Å². The molecular formula is C39H36ClFN7O3Si. The van der Waals surface area contributed by atoms with Gasteiger partial charge in [0.05, 0.1) is 34.9 Å². The average molecular weight is 733 g/mol. The van der Waals surface area contributed by atoms with Crippen LogP contribution in [-0.4, -0.2) is 71.6 Å². The number of rotatable bonds is 11. The van der Waals surface area contributed by atoms with E-state index in [1.54, 1.807) is 24.3 Å². The zero-order chi connectivity index (χ0) is 35.8. The summed E-state index contributed by atoms with van der Waals surface area (Å²) in [5.74, 6) is 0.786. The van der Waals surface area contributed by atoms with Crippen molar-refractivity contribution in [1.29, 1.82) is 0 Å². The van der Waals surface area contributed by atoms with E-state index in [1.807, 2.05) is 49.4 Å². The maximum Gasteiger partial charge on any atom is 0.255 e. The van der Waals surface area contributed by atoms with Gasteiger partial charge >= 0.3 is 0 Å². The number of imidazole rings is 1. The predicted octanol–water partition coefficient (Wildman–Crippen LogP) is 7.28. The van der Waals surface area contributed by atoms with Gasteiger partial charge in [0.2, 0.25) is 5.88 Å². The number of pyridine rings is 1. The van der Waals surface area contributed by atoms with Gasteiger partial charge in [0.15, 0.2) is 0 Å². The van der Waals surface area contributed by atoms with E-state index in [0.717, 1.165) is 77.3 Å². The van der Waals surface area contributed by atoms with Crippen LogP contribution in [0.2, 0.25) is 10.6 Å². The number of H-pyrrole nitrogens is 1. The Morgan fingerprint density at radius 3 is 2.81 bits per heavy atom. The highest BCUT2D eigenvalue weighted by atomic mass is 35.5. The summed E-state index contributed by atoms with van der Waals surface area (Å²) < 4.78 is 28.1. The number of hydrogen-bond donors (Lipinski definition) is 2. The molecule has 0 spiro atoms. The summed E-state index contributed by atoms with van der Waals surface area (Å²) >= 11 is 5.88. The average Bonchev–Trinajstić information content (AvgIpc) is 3.65. The van der Waals surface area contributed by atoms with Gasteiger partial charge < -0.3 is 19.4 Å². The first-order valence-electron chi connectivity index (χ1n) is 17.3. The molecule has 8 rings (SSSR count). The van der Waals surface area contributed by atoms with Crippen LogP contribution in [0.3, 0.4) is 0 Å². The number of aromatic amines is 1. The monoisotopic (exact) mass is 732 g/mol. The SMILES string of the molecule is Cc1[nH]nc2ccc(C(=O)Nc3ccc4c(c3)nc(CN3CC=C(c5cccc(OCc6ccc(Cl)cc6F)n5)CC3)n4C[C@H]([Si])C3CCO3)cc12. The molecule has 3 aromatic carbocycles. The molecule has 2 N–H and O–H groups in total. The van der Waals surface area contributed by atoms with Gasteiger partial charge in [-0.1, -0.05) is 29.8 Å². The summed E-state index contributed by atoms with van der Waals surface area (Å²) in [6.07, 6.45) is 4.19. The summed E-state index contributed by atoms with van der Waals surface area (Å²) in [6.45, 7) is 5.69. The van der Waals surface area contributed by atoms with E-state index >= 15 is 0 Å². The molecule has 0 aliphatic carbocycles. The van der Waals surface area contributed by atoms with Gasteiger partial charge in [0.25, 0.3) is 5.91 Å². The van der Waals surface area contributed by atoms with Crippen molar-refractivity contribution < 1.29 is 18.7 Å². The number of halogens is 2. The van der Waals surface area contributed by atoms with Crippen LogP contribution < -0.4 is 10.1 Å². The lowest BCUT2D eigenvalue weighted by Gasteiger charge is -2.33. The van der Waals surface area contributed by atoms with Crippen LogP contribution in [0.15, 0.2) is 78.9 Å². The molecule has 1 unspecified atom stereocenters. The van der Waals surface area contributed by atoms with Crippen molar-refractivity contribution >= 4 is 60.9 Å². The summed E-state index contributed by atoms with van der Waals surface area (Å²) in [4.78, 5) is 25.4. The van der Waals surface area contributed by atoms with E-state index in [2.05, 4.69) is 41.3 Å². The number of ether oxygens (including phenoxy) is 2. The van der Waals surface area contributed by atoms with Gasteiger partial charge in [0.1, 0.15) is 18.2 Å². The molecule has 10 nitrogen and oxygen atoms in total. The van der Waals surface area contributed by atoms with Gasteiger partial charge in [0, 0.05) is 75.5 Å². The van der Waals surface area contributed by atoms with Crippen LogP contribution >= 0.6 is 11.6 Å². The quantitative estimate of drug-likeness (QED) is 0.135. The smallest absolute Gasteiger partial charge is 0.255 e. The van der Waals surface area contributed by atoms with Crippen LogP contribution in [0.1, 0.15) is 46.0 Å². The first-order valence-corrected chi connectivity index (χ1v) is 18.3. The minimum Gasteiger partial charge on any atom is -0.473 e. The number of carbonyl (C=O) groups excluding carboxylic acids is 1. The highest BCUT2D eigenvalue weighted by Crippen LogP contribution is 2.30. The van der Waals surface area contributed by atoms with Crippen molar-refractivity contribution in [3.05, 3.63) is 118 Å². The van der Waals surface area contributed by atoms with Crippen LogP contribution in [-0.2, 0) is 24.4 Å². The number of hydrogen-bond acceptors (Lipinski definition) is 7. The number of benzene rings is 3. The summed E-state index contributed by atoms with van der Waals surface area (Å²) in [6, 6.07) is 21.6. The van der Waals surface area contributed by atoms with Crippen LogP contribution in [0, 0.1) is 12.7 Å². The Bertz CT molecular complexity index is 2320. The second-order valence-corrected chi connectivity index (χ2v) is 14.5. The van der Waals surface area contributed by atoms with Crippen molar-refractivity contribution in [3.63, 3.8) is 0 Å². The lowest BCUT2D eigenvalue weighted by molar-refractivity contribution is -0.0556. The third-order valence-electron chi connectivity index (χ3n) is 9.76. The Hall–Kier alpha value is -4.88. The fraction of sp³-hybridized carbons (Fsp3) is 0.282. The van der Waals surface area contributed by atoms with E-state index in [-0.39, 0.29) is 24.2 Å². The molecule has 52 heavy (non-hydrogen) atoms. The zero-order valence-electron chi connectivity index (χ0n) is 28.5. The Kier molecular flexibility index (Phi) is 9.62. The molecule has 1 amide bonds. The predicted molar refractivity (Wildman–Crippen MR) is 200 cm³/mol. The molecule has 6 aromatic rings. The van der Waals surface area contributed by atoms with E-state index < -0.39 is 5.82 Å². The Balaban J connectivity index is 0.977. The molecule has 5 heterocycles. The Morgan fingerprint density at radius 1 is 1.13 bits per heavy atom. The zero-order valence-corrected chi connectivity index (χ0v) is 30.3. The van der Waals surface area contributed by atoms with Crippen molar-refractivity contribution in [3.8, 4) is 5.88 Å². The van der Waals surface area contributed by atoms with Crippen LogP contribution in [0.25, 0.3) is 27.5 Å². The van der Waals surface area contributed by atoms with E-state index in [1.165, 1.54) is 6.07 Å². The maximum absolute atomic E-state index is 14.3. The summed E-state index contributed by atoms with van der Waals surface area (Å²) in [7, 11) is 3.94. The largest absolute Gasteiger partial charge is 0.473 e. The highest BCUT2D eigenvalue weighted by molar-refractivity contribution is 6.30. The van der Waals surface area contributed by atoms with Crippen molar-refractivity contribution in [2.45, 2.75) is 51.1 Å². The van der Waals surface area contributed by atoms with Crippen molar-refractivity contribution in [1.82, 2.24) is 29.6 Å². The normalized spacial score (nSPS) is 16.8. The van der Waals surface area contributed by atoms with Gasteiger partial charge in [-0.25, -0.2) is 14.4 Å². The topological polar surface area (TPSA) is 110 Å². The number of carbonyl (C=O) groups is 1. The molecule has 0 saturated carbocycles. The lowest BCUT2D eigenvalue weighted by atomic mass is 10.0. The second kappa shape index (κ2) is 14.6. The van der Waals surface area contributed by atoms with Crippen molar-refractivity contribution in [2.75, 3.05) is 25.0 Å². The number of aryl methyl sites for hydroxylation is 1. The second-order valence-electron chi connectivity index (χ2n) is 13.3. The summed E-state index contributed by atoms with van der Waals surface area (Å²) in [5.41, 5.74) is 7.33. The van der Waals surface area contributed by atoms with Crippen LogP contribution in [0.4, 0.5) is 10.1 Å². The third kappa shape index (κ3) is 7.24. The molecule has 2 aliphatic rings. The number of amides is 1. The van der Waals surface area contributed by atoms with E-state index in [4.69, 9.17) is 31.0 Å². The molecule has 2 aliphatic heterocycles. The number of anilines is 1. The van der Waals surface area contributed by atoms with Gasteiger partial charge in [-0.15, -0.1) is 0 Å². The molecule has 1 saturated heterocycles. The summed E-state index contributed by atoms with van der Waals surface area (Å²) in [5, 5.41) is 11.6. The molecular weight excluding hydrogens is 697 g/mol. The molecule has 3 radical (unpaired) electrons. The maximum atomic E-state index is 14.3. The number of nitrogens with zero attached hydrogens (tertiary/aromatic N) is 5. The lowest BCUT2D eigenvalue weighted by Crippen LogP contribution is -2.34. The number of aromatic nitrogens is 5. The standard InChI is InChI=1S/C39H36ClFN7O3Si/c1-23-29-17-25(6-9-32(29)46-45-23)39(49)42-28-8-10-34-33(19-28)43-37(48(34)20-36(52)35-13-16-50-35)21-47-14-11-24(12-15-47)31-3-2-4-38(44-31)51-22-26-5-7-27(40)18-30(26)41/h2-11,17-19,35-36H,12-16,20-22H2,1H3,(H,42,49)(H,45,46)/t35?,36-/m0/s1. The first kappa shape index (κ1) is 34.2. The molecule has 13 heteroatoms. The van der Waals surface area contributed by atoms with Gasteiger partial charge in [-0.2, -0.15) is 5.10 Å². The van der Waals surface area contributed by atoms with Gasteiger partial charge in [-0.3, -0.25) is 14.8 Å². The van der Waals surface area contributed by atoms with Crippen molar-refractivity contribution in [2.24, 2.45) is 0 Å². The van der Waals surface area contributed by atoms with E-state index in [9.17, 15) is 9.18 Å². The molecule has 263 valence electrons. The third-order valence-corrected chi connectivity index (χ3v) is 10.5. The minimum atomic E-state index is -0.405. The Labute approximate surface area is 308 Å². The fourth-order valence-corrected chi connectivity index (χ4v) is 7.31. The molecule has 0 bridgehead atoms. The molecule has 1 fully saturated rings. The van der Waals surface area contributed by atoms with Crippen LogP contribution in [0.5, 0.6) is 5.88 Å².